The molecule has 0 fully saturated rings. The highest BCUT2D eigenvalue weighted by Gasteiger charge is 2.11. The SMILES string of the molecule is CNc1cnc(C(=O)Nc2cc(C)ccc2F)cn1. The molecule has 98 valence electrons. The number of anilines is 2. The average molecular weight is 260 g/mol. The van der Waals surface area contributed by atoms with Crippen LogP contribution in [0.15, 0.2) is 30.6 Å². The molecule has 2 N–H and O–H groups in total. The highest BCUT2D eigenvalue weighted by molar-refractivity contribution is 6.02. The lowest BCUT2D eigenvalue weighted by Crippen LogP contribution is -2.15. The largest absolute Gasteiger partial charge is 0.372 e. The molecule has 1 aromatic carbocycles. The average Bonchev–Trinajstić information content (AvgIpc) is 2.43. The molecule has 0 bridgehead atoms. The van der Waals surface area contributed by atoms with Gasteiger partial charge in [0.2, 0.25) is 0 Å². The molecular formula is C13H13FN4O. The zero-order valence-corrected chi connectivity index (χ0v) is 10.6. The molecule has 1 amide bonds. The summed E-state index contributed by atoms with van der Waals surface area (Å²) in [6, 6.07) is 4.50. The number of benzene rings is 1. The van der Waals surface area contributed by atoms with Crippen molar-refractivity contribution in [3.05, 3.63) is 47.7 Å². The molecular weight excluding hydrogens is 247 g/mol. The lowest BCUT2D eigenvalue weighted by Gasteiger charge is -2.07. The number of rotatable bonds is 3. The van der Waals surface area contributed by atoms with Gasteiger partial charge in [-0.05, 0) is 24.6 Å². The molecule has 19 heavy (non-hydrogen) atoms. The van der Waals surface area contributed by atoms with Crippen molar-refractivity contribution < 1.29 is 9.18 Å². The summed E-state index contributed by atoms with van der Waals surface area (Å²) in [6.07, 6.45) is 2.76. The van der Waals surface area contributed by atoms with Crippen LogP contribution in [0, 0.1) is 12.7 Å². The Balaban J connectivity index is 2.18. The Bertz CT molecular complexity index is 598. The molecule has 1 aromatic heterocycles. The van der Waals surface area contributed by atoms with Crippen LogP contribution in [0.4, 0.5) is 15.9 Å². The second-order valence-electron chi connectivity index (χ2n) is 3.97. The standard InChI is InChI=1S/C13H13FN4O/c1-8-3-4-9(14)10(5-8)18-13(19)11-6-17-12(15-2)7-16-11/h3-7H,1-2H3,(H,15,17)(H,18,19). The normalized spacial score (nSPS) is 10.1. The first-order valence-corrected chi connectivity index (χ1v) is 5.67. The molecule has 0 aliphatic rings. The van der Waals surface area contributed by atoms with Gasteiger partial charge >= 0.3 is 0 Å². The van der Waals surface area contributed by atoms with Crippen LogP contribution in [0.1, 0.15) is 16.1 Å². The summed E-state index contributed by atoms with van der Waals surface area (Å²) in [6.45, 7) is 1.82. The minimum atomic E-state index is -0.500. The van der Waals surface area contributed by atoms with E-state index in [9.17, 15) is 9.18 Å². The van der Waals surface area contributed by atoms with Crippen molar-refractivity contribution in [2.45, 2.75) is 6.92 Å². The topological polar surface area (TPSA) is 66.9 Å². The summed E-state index contributed by atoms with van der Waals surface area (Å²) in [7, 11) is 1.70. The van der Waals surface area contributed by atoms with Crippen molar-refractivity contribution in [2.24, 2.45) is 0 Å². The van der Waals surface area contributed by atoms with E-state index in [2.05, 4.69) is 20.6 Å². The molecule has 0 saturated heterocycles. The molecule has 5 nitrogen and oxygen atoms in total. The smallest absolute Gasteiger partial charge is 0.275 e. The second-order valence-corrected chi connectivity index (χ2v) is 3.97. The van der Waals surface area contributed by atoms with E-state index >= 15 is 0 Å². The lowest BCUT2D eigenvalue weighted by atomic mass is 10.2. The Morgan fingerprint density at radius 1 is 1.26 bits per heavy atom. The highest BCUT2D eigenvalue weighted by Crippen LogP contribution is 2.16. The van der Waals surface area contributed by atoms with Crippen LogP contribution in [0.3, 0.4) is 0 Å². The molecule has 0 saturated carbocycles. The Morgan fingerprint density at radius 2 is 2.05 bits per heavy atom. The van der Waals surface area contributed by atoms with Crippen molar-refractivity contribution in [1.82, 2.24) is 9.97 Å². The van der Waals surface area contributed by atoms with Crippen LogP contribution in [-0.4, -0.2) is 22.9 Å². The van der Waals surface area contributed by atoms with Gasteiger partial charge in [0.1, 0.15) is 17.3 Å². The predicted octanol–water partition coefficient (Wildman–Crippen LogP) is 2.22. The maximum atomic E-state index is 13.5. The molecule has 2 aromatic rings. The fourth-order valence-electron chi connectivity index (χ4n) is 1.50. The first-order chi connectivity index (χ1) is 9.10. The molecule has 0 spiro atoms. The van der Waals surface area contributed by atoms with Gasteiger partial charge in [-0.2, -0.15) is 0 Å². The molecule has 1 heterocycles. The van der Waals surface area contributed by atoms with Crippen LogP contribution in [0.25, 0.3) is 0 Å². The van der Waals surface area contributed by atoms with E-state index in [1.54, 1.807) is 19.2 Å². The number of carbonyl (C=O) groups is 1. The van der Waals surface area contributed by atoms with Crippen molar-refractivity contribution in [2.75, 3.05) is 17.7 Å². The minimum absolute atomic E-state index is 0.125. The number of halogens is 1. The molecule has 6 heteroatoms. The minimum Gasteiger partial charge on any atom is -0.372 e. The molecule has 0 atom stereocenters. The van der Waals surface area contributed by atoms with E-state index in [-0.39, 0.29) is 11.4 Å². The van der Waals surface area contributed by atoms with Gasteiger partial charge in [0.15, 0.2) is 0 Å². The van der Waals surface area contributed by atoms with Crippen molar-refractivity contribution in [3.8, 4) is 0 Å². The second kappa shape index (κ2) is 5.43. The third kappa shape index (κ3) is 3.04. The van der Waals surface area contributed by atoms with E-state index in [0.29, 0.717) is 5.82 Å². The Hall–Kier alpha value is -2.50. The van der Waals surface area contributed by atoms with Crippen LogP contribution in [0.2, 0.25) is 0 Å². The van der Waals surface area contributed by atoms with Crippen LogP contribution >= 0.6 is 0 Å². The maximum absolute atomic E-state index is 13.5. The zero-order valence-electron chi connectivity index (χ0n) is 10.6. The lowest BCUT2D eigenvalue weighted by molar-refractivity contribution is 0.102. The zero-order chi connectivity index (χ0) is 13.8. The quantitative estimate of drug-likeness (QED) is 0.888. The van der Waals surface area contributed by atoms with Crippen LogP contribution in [0.5, 0.6) is 0 Å². The number of nitrogens with one attached hydrogen (secondary N) is 2. The summed E-state index contributed by atoms with van der Waals surface area (Å²) >= 11 is 0. The molecule has 0 radical (unpaired) electrons. The summed E-state index contributed by atoms with van der Waals surface area (Å²) in [5, 5.41) is 5.26. The maximum Gasteiger partial charge on any atom is 0.275 e. The number of aromatic nitrogens is 2. The molecule has 2 rings (SSSR count). The van der Waals surface area contributed by atoms with E-state index in [1.807, 2.05) is 6.92 Å². The van der Waals surface area contributed by atoms with Gasteiger partial charge in [-0.25, -0.2) is 14.4 Å². The number of amides is 1. The molecule has 0 aliphatic carbocycles. The summed E-state index contributed by atoms with van der Waals surface area (Å²) < 4.78 is 13.5. The van der Waals surface area contributed by atoms with E-state index in [0.717, 1.165) is 5.56 Å². The van der Waals surface area contributed by atoms with Gasteiger partial charge < -0.3 is 10.6 Å². The van der Waals surface area contributed by atoms with Gasteiger partial charge in [-0.3, -0.25) is 4.79 Å². The number of carbonyl (C=O) groups excluding carboxylic acids is 1. The monoisotopic (exact) mass is 260 g/mol. The van der Waals surface area contributed by atoms with E-state index < -0.39 is 11.7 Å². The predicted molar refractivity (Wildman–Crippen MR) is 70.7 cm³/mol. The van der Waals surface area contributed by atoms with Crippen molar-refractivity contribution in [1.29, 1.82) is 0 Å². The van der Waals surface area contributed by atoms with E-state index in [4.69, 9.17) is 0 Å². The van der Waals surface area contributed by atoms with Crippen LogP contribution in [-0.2, 0) is 0 Å². The highest BCUT2D eigenvalue weighted by atomic mass is 19.1. The number of hydrogen-bond acceptors (Lipinski definition) is 4. The van der Waals surface area contributed by atoms with Crippen LogP contribution < -0.4 is 10.6 Å². The Labute approximate surface area is 109 Å². The Morgan fingerprint density at radius 3 is 2.68 bits per heavy atom. The van der Waals surface area contributed by atoms with Crippen molar-refractivity contribution >= 4 is 17.4 Å². The first-order valence-electron chi connectivity index (χ1n) is 5.67. The number of nitrogens with zero attached hydrogens (tertiary/aromatic N) is 2. The first kappa shape index (κ1) is 12.9. The molecule has 0 aliphatic heterocycles. The summed E-state index contributed by atoms with van der Waals surface area (Å²) in [4.78, 5) is 19.8. The summed E-state index contributed by atoms with van der Waals surface area (Å²) in [5.41, 5.74) is 1.11. The fraction of sp³-hybridized carbons (Fsp3) is 0.154. The fourth-order valence-corrected chi connectivity index (χ4v) is 1.50. The van der Waals surface area contributed by atoms with Crippen molar-refractivity contribution in [3.63, 3.8) is 0 Å². The van der Waals surface area contributed by atoms with E-state index in [1.165, 1.54) is 18.5 Å². The third-order valence-corrected chi connectivity index (χ3v) is 2.51. The van der Waals surface area contributed by atoms with Gasteiger partial charge in [0.05, 0.1) is 18.1 Å². The number of hydrogen-bond donors (Lipinski definition) is 2. The van der Waals surface area contributed by atoms with Gasteiger partial charge in [0.25, 0.3) is 5.91 Å². The van der Waals surface area contributed by atoms with Gasteiger partial charge in [0, 0.05) is 7.05 Å². The summed E-state index contributed by atoms with van der Waals surface area (Å²) in [5.74, 6) is -0.434. The Kier molecular flexibility index (Phi) is 3.70. The van der Waals surface area contributed by atoms with Gasteiger partial charge in [-0.15, -0.1) is 0 Å². The molecule has 0 unspecified atom stereocenters. The number of aryl methyl sites for hydroxylation is 1. The third-order valence-electron chi connectivity index (χ3n) is 2.51. The van der Waals surface area contributed by atoms with Gasteiger partial charge in [-0.1, -0.05) is 6.07 Å².